The van der Waals surface area contributed by atoms with E-state index in [1.54, 1.807) is 16.4 Å². The summed E-state index contributed by atoms with van der Waals surface area (Å²) < 4.78 is 1.60. The van der Waals surface area contributed by atoms with E-state index in [1.807, 2.05) is 0 Å². The van der Waals surface area contributed by atoms with Gasteiger partial charge in [0.1, 0.15) is 0 Å². The van der Waals surface area contributed by atoms with Crippen LogP contribution in [0.3, 0.4) is 0 Å². The minimum Gasteiger partial charge on any atom is -0.394 e. The molecular weight excluding hydrogens is 200 g/mol. The second kappa shape index (κ2) is 5.77. The van der Waals surface area contributed by atoms with Crippen LogP contribution in [0.2, 0.25) is 0 Å². The molecule has 0 aliphatic rings. The second-order valence-electron chi connectivity index (χ2n) is 3.00. The number of aliphatic hydroxyl groups excluding tert-OH is 1. The van der Waals surface area contributed by atoms with E-state index < -0.39 is 0 Å². The zero-order chi connectivity index (χ0) is 10.4. The maximum Gasteiger partial charge on any atom is 0.209 e. The van der Waals surface area contributed by atoms with E-state index in [9.17, 15) is 0 Å². The van der Waals surface area contributed by atoms with Crippen LogP contribution in [0.25, 0.3) is 0 Å². The zero-order valence-electron chi connectivity index (χ0n) is 8.34. The molecule has 5 nitrogen and oxygen atoms in total. The SMILES string of the molecule is CC(C)=CCSc1nnnn1CCO. The van der Waals surface area contributed by atoms with E-state index in [-0.39, 0.29) is 6.61 Å². The van der Waals surface area contributed by atoms with Crippen molar-refractivity contribution in [2.24, 2.45) is 0 Å². The molecule has 0 amide bonds. The highest BCUT2D eigenvalue weighted by Gasteiger charge is 2.04. The van der Waals surface area contributed by atoms with Gasteiger partial charge in [0.15, 0.2) is 0 Å². The van der Waals surface area contributed by atoms with Gasteiger partial charge in [0, 0.05) is 5.75 Å². The summed E-state index contributed by atoms with van der Waals surface area (Å²) in [7, 11) is 0. The highest BCUT2D eigenvalue weighted by atomic mass is 32.2. The minimum absolute atomic E-state index is 0.0568. The van der Waals surface area contributed by atoms with Crippen LogP contribution in [0.15, 0.2) is 16.8 Å². The van der Waals surface area contributed by atoms with Crippen molar-refractivity contribution in [2.45, 2.75) is 25.5 Å². The fourth-order valence-corrected chi connectivity index (χ4v) is 1.75. The molecular formula is C8H14N4OS. The van der Waals surface area contributed by atoms with Gasteiger partial charge >= 0.3 is 0 Å². The minimum atomic E-state index is 0.0568. The van der Waals surface area contributed by atoms with Crippen molar-refractivity contribution in [3.63, 3.8) is 0 Å². The lowest BCUT2D eigenvalue weighted by atomic mass is 10.3. The van der Waals surface area contributed by atoms with Gasteiger partial charge in [0.2, 0.25) is 5.16 Å². The third-order valence-electron chi connectivity index (χ3n) is 1.51. The first kappa shape index (κ1) is 11.2. The molecule has 0 bridgehead atoms. The monoisotopic (exact) mass is 214 g/mol. The Morgan fingerprint density at radius 3 is 3.00 bits per heavy atom. The van der Waals surface area contributed by atoms with Gasteiger partial charge in [-0.05, 0) is 24.3 Å². The van der Waals surface area contributed by atoms with E-state index in [0.29, 0.717) is 6.54 Å². The van der Waals surface area contributed by atoms with Crippen LogP contribution in [0.1, 0.15) is 13.8 Å². The average molecular weight is 214 g/mol. The summed E-state index contributed by atoms with van der Waals surface area (Å²) in [6, 6.07) is 0. The highest BCUT2D eigenvalue weighted by molar-refractivity contribution is 7.99. The van der Waals surface area contributed by atoms with Gasteiger partial charge in [0.25, 0.3) is 0 Å². The van der Waals surface area contributed by atoms with E-state index in [0.717, 1.165) is 10.9 Å². The van der Waals surface area contributed by atoms with Crippen molar-refractivity contribution in [1.82, 2.24) is 20.2 Å². The van der Waals surface area contributed by atoms with Gasteiger partial charge in [-0.3, -0.25) is 0 Å². The third kappa shape index (κ3) is 3.47. The molecule has 1 rings (SSSR count). The topological polar surface area (TPSA) is 63.8 Å². The molecule has 0 fully saturated rings. The van der Waals surface area contributed by atoms with Crippen molar-refractivity contribution in [3.05, 3.63) is 11.6 Å². The molecule has 1 aromatic rings. The number of aliphatic hydroxyl groups is 1. The molecule has 6 heteroatoms. The summed E-state index contributed by atoms with van der Waals surface area (Å²) >= 11 is 1.56. The van der Waals surface area contributed by atoms with Crippen molar-refractivity contribution in [3.8, 4) is 0 Å². The molecule has 0 saturated carbocycles. The summed E-state index contributed by atoms with van der Waals surface area (Å²) in [6.07, 6.45) is 2.11. The van der Waals surface area contributed by atoms with Gasteiger partial charge in [0.05, 0.1) is 13.2 Å². The molecule has 14 heavy (non-hydrogen) atoms. The molecule has 0 radical (unpaired) electrons. The van der Waals surface area contributed by atoms with Crippen molar-refractivity contribution < 1.29 is 5.11 Å². The second-order valence-corrected chi connectivity index (χ2v) is 3.99. The number of tetrazole rings is 1. The van der Waals surface area contributed by atoms with Crippen LogP contribution in [0.5, 0.6) is 0 Å². The molecule has 0 spiro atoms. The van der Waals surface area contributed by atoms with E-state index in [2.05, 4.69) is 35.4 Å². The summed E-state index contributed by atoms with van der Waals surface area (Å²) in [5, 5.41) is 20.6. The molecule has 1 aromatic heterocycles. The largest absolute Gasteiger partial charge is 0.394 e. The maximum absolute atomic E-state index is 8.74. The van der Waals surface area contributed by atoms with Gasteiger partial charge in [-0.25, -0.2) is 4.68 Å². The maximum atomic E-state index is 8.74. The number of rotatable bonds is 5. The Hall–Kier alpha value is -0.880. The lowest BCUT2D eigenvalue weighted by molar-refractivity contribution is 0.262. The molecule has 0 atom stereocenters. The van der Waals surface area contributed by atoms with Gasteiger partial charge < -0.3 is 5.11 Å². The summed E-state index contributed by atoms with van der Waals surface area (Å²) in [5.41, 5.74) is 1.28. The lowest BCUT2D eigenvalue weighted by Gasteiger charge is -1.99. The molecule has 1 heterocycles. The molecule has 0 aliphatic heterocycles. The van der Waals surface area contributed by atoms with Gasteiger partial charge in [-0.2, -0.15) is 0 Å². The van der Waals surface area contributed by atoms with Crippen molar-refractivity contribution in [1.29, 1.82) is 0 Å². The molecule has 0 aromatic carbocycles. The molecule has 0 aliphatic carbocycles. The fourth-order valence-electron chi connectivity index (χ4n) is 0.818. The highest BCUT2D eigenvalue weighted by Crippen LogP contribution is 2.13. The number of hydrogen-bond donors (Lipinski definition) is 1. The first-order chi connectivity index (χ1) is 6.74. The Kier molecular flexibility index (Phi) is 4.61. The molecule has 0 saturated heterocycles. The number of aromatic nitrogens is 4. The normalized spacial score (nSPS) is 10.2. The van der Waals surface area contributed by atoms with Gasteiger partial charge in [-0.1, -0.05) is 23.4 Å². The van der Waals surface area contributed by atoms with Crippen LogP contribution in [-0.4, -0.2) is 37.7 Å². The van der Waals surface area contributed by atoms with Gasteiger partial charge in [-0.15, -0.1) is 5.10 Å². The smallest absolute Gasteiger partial charge is 0.209 e. The molecule has 0 unspecified atom stereocenters. The summed E-state index contributed by atoms with van der Waals surface area (Å²) in [6.45, 7) is 4.61. The number of nitrogens with zero attached hydrogens (tertiary/aromatic N) is 4. The number of hydrogen-bond acceptors (Lipinski definition) is 5. The first-order valence-electron chi connectivity index (χ1n) is 4.37. The lowest BCUT2D eigenvalue weighted by Crippen LogP contribution is -2.05. The predicted octanol–water partition coefficient (Wildman–Crippen LogP) is 0.724. The number of allylic oxidation sites excluding steroid dienone is 1. The number of thioether (sulfide) groups is 1. The zero-order valence-corrected chi connectivity index (χ0v) is 9.16. The van der Waals surface area contributed by atoms with Crippen LogP contribution < -0.4 is 0 Å². The van der Waals surface area contributed by atoms with Crippen molar-refractivity contribution >= 4 is 11.8 Å². The fraction of sp³-hybridized carbons (Fsp3) is 0.625. The Balaban J connectivity index is 2.49. The standard InChI is InChI=1S/C8H14N4OS/c1-7(2)3-6-14-8-9-10-11-12(8)4-5-13/h3,13H,4-6H2,1-2H3. The van der Waals surface area contributed by atoms with Crippen LogP contribution >= 0.6 is 11.8 Å². The van der Waals surface area contributed by atoms with Crippen molar-refractivity contribution in [2.75, 3.05) is 12.4 Å². The van der Waals surface area contributed by atoms with Crippen LogP contribution in [0, 0.1) is 0 Å². The quantitative estimate of drug-likeness (QED) is 0.578. The summed E-state index contributed by atoms with van der Waals surface area (Å²) in [5.74, 6) is 0.855. The van der Waals surface area contributed by atoms with Crippen LogP contribution in [0.4, 0.5) is 0 Å². The Morgan fingerprint density at radius 2 is 2.36 bits per heavy atom. The Labute approximate surface area is 87.2 Å². The Bertz CT molecular complexity index is 306. The third-order valence-corrected chi connectivity index (χ3v) is 2.40. The molecule has 78 valence electrons. The van der Waals surface area contributed by atoms with E-state index in [1.165, 1.54) is 5.57 Å². The summed E-state index contributed by atoms with van der Waals surface area (Å²) in [4.78, 5) is 0. The predicted molar refractivity (Wildman–Crippen MR) is 55.1 cm³/mol. The Morgan fingerprint density at radius 1 is 1.57 bits per heavy atom. The first-order valence-corrected chi connectivity index (χ1v) is 5.35. The van der Waals surface area contributed by atoms with E-state index in [4.69, 9.17) is 5.11 Å². The van der Waals surface area contributed by atoms with Crippen LogP contribution in [-0.2, 0) is 6.54 Å². The average Bonchev–Trinajstić information content (AvgIpc) is 2.53. The molecule has 1 N–H and O–H groups in total. The van der Waals surface area contributed by atoms with E-state index >= 15 is 0 Å².